The lowest BCUT2D eigenvalue weighted by molar-refractivity contribution is 1.11. The number of fused-ring (bicyclic) bond motifs is 1. The molecule has 3 aromatic rings. The first-order valence-corrected chi connectivity index (χ1v) is 5.21. The van der Waals surface area contributed by atoms with Gasteiger partial charge in [0.2, 0.25) is 0 Å². The van der Waals surface area contributed by atoms with Crippen LogP contribution in [0, 0.1) is 0 Å². The van der Waals surface area contributed by atoms with Gasteiger partial charge in [-0.3, -0.25) is 4.40 Å². The smallest absolute Gasteiger partial charge is 0.169 e. The van der Waals surface area contributed by atoms with Crippen molar-refractivity contribution >= 4 is 17.2 Å². The van der Waals surface area contributed by atoms with Crippen LogP contribution in [0.1, 0.15) is 0 Å². The fourth-order valence-corrected chi connectivity index (χ4v) is 1.79. The van der Waals surface area contributed by atoms with E-state index in [2.05, 4.69) is 10.2 Å². The molecule has 0 aliphatic rings. The molecule has 17 heavy (non-hydrogen) atoms. The Labute approximate surface area is 97.7 Å². The zero-order chi connectivity index (χ0) is 11.8. The van der Waals surface area contributed by atoms with E-state index in [1.54, 1.807) is 0 Å². The molecule has 0 saturated heterocycles. The number of anilines is 2. The molecule has 0 aliphatic heterocycles. The number of pyridine rings is 1. The minimum absolute atomic E-state index is 0.610. The van der Waals surface area contributed by atoms with Gasteiger partial charge in [0, 0.05) is 11.3 Å². The standard InChI is InChI=1S/C12H11N5/c13-9-6-4-8(5-7-9)12-16-15-11-3-1-2-10(14)17(11)12/h1-7H,13-14H2. The predicted octanol–water partition coefficient (Wildman–Crippen LogP) is 1.56. The first-order valence-electron chi connectivity index (χ1n) is 5.21. The average Bonchev–Trinajstić information content (AvgIpc) is 2.75. The summed E-state index contributed by atoms with van der Waals surface area (Å²) in [6, 6.07) is 13.0. The second-order valence-electron chi connectivity index (χ2n) is 3.79. The van der Waals surface area contributed by atoms with Crippen molar-refractivity contribution < 1.29 is 0 Å². The first kappa shape index (κ1) is 9.65. The summed E-state index contributed by atoms with van der Waals surface area (Å²) in [6.07, 6.45) is 0. The predicted molar refractivity (Wildman–Crippen MR) is 67.2 cm³/mol. The van der Waals surface area contributed by atoms with E-state index in [0.29, 0.717) is 5.82 Å². The number of hydrogen-bond donors (Lipinski definition) is 2. The molecule has 0 radical (unpaired) electrons. The van der Waals surface area contributed by atoms with Crippen LogP contribution in [0.5, 0.6) is 0 Å². The van der Waals surface area contributed by atoms with Gasteiger partial charge in [0.05, 0.1) is 0 Å². The van der Waals surface area contributed by atoms with E-state index < -0.39 is 0 Å². The van der Waals surface area contributed by atoms with Crippen molar-refractivity contribution in [3.05, 3.63) is 42.5 Å². The zero-order valence-electron chi connectivity index (χ0n) is 9.04. The minimum atomic E-state index is 0.610. The molecule has 84 valence electrons. The Balaban J connectivity index is 2.27. The van der Waals surface area contributed by atoms with Crippen LogP contribution in [0.3, 0.4) is 0 Å². The Bertz CT molecular complexity index is 669. The van der Waals surface area contributed by atoms with Crippen LogP contribution in [0.4, 0.5) is 11.5 Å². The molecular weight excluding hydrogens is 214 g/mol. The van der Waals surface area contributed by atoms with E-state index >= 15 is 0 Å². The number of aromatic nitrogens is 3. The van der Waals surface area contributed by atoms with E-state index in [1.165, 1.54) is 0 Å². The number of nitrogen functional groups attached to an aromatic ring is 2. The molecule has 0 bridgehead atoms. The van der Waals surface area contributed by atoms with Gasteiger partial charge in [0.15, 0.2) is 11.5 Å². The van der Waals surface area contributed by atoms with Crippen LogP contribution in [-0.2, 0) is 0 Å². The molecule has 0 fully saturated rings. The normalized spacial score (nSPS) is 10.8. The van der Waals surface area contributed by atoms with Gasteiger partial charge in [-0.15, -0.1) is 10.2 Å². The van der Waals surface area contributed by atoms with Crippen LogP contribution in [0.2, 0.25) is 0 Å². The van der Waals surface area contributed by atoms with Gasteiger partial charge < -0.3 is 11.5 Å². The molecule has 3 rings (SSSR count). The molecule has 0 amide bonds. The number of rotatable bonds is 1. The summed E-state index contributed by atoms with van der Waals surface area (Å²) in [5.41, 5.74) is 14.0. The Kier molecular flexibility index (Phi) is 1.98. The fourth-order valence-electron chi connectivity index (χ4n) is 1.79. The molecule has 2 aromatic heterocycles. The van der Waals surface area contributed by atoms with Crippen molar-refractivity contribution in [2.45, 2.75) is 0 Å². The van der Waals surface area contributed by atoms with Crippen LogP contribution >= 0.6 is 0 Å². The summed E-state index contributed by atoms with van der Waals surface area (Å²) in [6.45, 7) is 0. The van der Waals surface area contributed by atoms with Crippen molar-refractivity contribution in [3.8, 4) is 11.4 Å². The maximum atomic E-state index is 5.93. The van der Waals surface area contributed by atoms with Crippen LogP contribution < -0.4 is 11.5 Å². The van der Waals surface area contributed by atoms with E-state index in [1.807, 2.05) is 46.9 Å². The van der Waals surface area contributed by atoms with Crippen molar-refractivity contribution in [1.82, 2.24) is 14.6 Å². The minimum Gasteiger partial charge on any atom is -0.399 e. The van der Waals surface area contributed by atoms with Crippen molar-refractivity contribution in [2.24, 2.45) is 0 Å². The van der Waals surface area contributed by atoms with Crippen LogP contribution in [-0.4, -0.2) is 14.6 Å². The van der Waals surface area contributed by atoms with Gasteiger partial charge >= 0.3 is 0 Å². The van der Waals surface area contributed by atoms with E-state index in [9.17, 15) is 0 Å². The van der Waals surface area contributed by atoms with Gasteiger partial charge in [-0.05, 0) is 36.4 Å². The summed E-state index contributed by atoms with van der Waals surface area (Å²) in [4.78, 5) is 0. The number of nitrogens with two attached hydrogens (primary N) is 2. The monoisotopic (exact) mass is 225 g/mol. The van der Waals surface area contributed by atoms with Gasteiger partial charge in [-0.2, -0.15) is 0 Å². The number of benzene rings is 1. The van der Waals surface area contributed by atoms with Crippen LogP contribution in [0.25, 0.3) is 17.0 Å². The Morgan fingerprint density at radius 2 is 1.65 bits per heavy atom. The topological polar surface area (TPSA) is 82.2 Å². The molecule has 4 N–H and O–H groups in total. The highest BCUT2D eigenvalue weighted by molar-refractivity contribution is 5.64. The molecule has 5 nitrogen and oxygen atoms in total. The van der Waals surface area contributed by atoms with Gasteiger partial charge in [-0.1, -0.05) is 6.07 Å². The van der Waals surface area contributed by atoms with E-state index in [0.717, 1.165) is 22.7 Å². The summed E-state index contributed by atoms with van der Waals surface area (Å²) in [5.74, 6) is 1.33. The Morgan fingerprint density at radius 1 is 0.882 bits per heavy atom. The molecule has 2 heterocycles. The molecule has 5 heteroatoms. The number of nitrogens with zero attached hydrogens (tertiary/aromatic N) is 3. The molecule has 0 spiro atoms. The summed E-state index contributed by atoms with van der Waals surface area (Å²) in [7, 11) is 0. The number of hydrogen-bond acceptors (Lipinski definition) is 4. The largest absolute Gasteiger partial charge is 0.399 e. The lowest BCUT2D eigenvalue weighted by Gasteiger charge is -2.03. The van der Waals surface area contributed by atoms with Gasteiger partial charge in [0.25, 0.3) is 0 Å². The molecule has 0 aliphatic carbocycles. The summed E-state index contributed by atoms with van der Waals surface area (Å²) in [5, 5.41) is 8.23. The first-order chi connectivity index (χ1) is 8.25. The fraction of sp³-hybridized carbons (Fsp3) is 0. The maximum absolute atomic E-state index is 5.93. The molecular formula is C12H11N5. The van der Waals surface area contributed by atoms with Gasteiger partial charge in [-0.25, -0.2) is 0 Å². The van der Waals surface area contributed by atoms with E-state index in [-0.39, 0.29) is 0 Å². The zero-order valence-corrected chi connectivity index (χ0v) is 9.04. The average molecular weight is 225 g/mol. The Morgan fingerprint density at radius 3 is 2.41 bits per heavy atom. The quantitative estimate of drug-likeness (QED) is 0.616. The van der Waals surface area contributed by atoms with Gasteiger partial charge in [0.1, 0.15) is 5.82 Å². The van der Waals surface area contributed by atoms with Crippen molar-refractivity contribution in [3.63, 3.8) is 0 Å². The lowest BCUT2D eigenvalue weighted by atomic mass is 10.2. The second-order valence-corrected chi connectivity index (χ2v) is 3.79. The summed E-state index contributed by atoms with van der Waals surface area (Å²) < 4.78 is 1.81. The summed E-state index contributed by atoms with van der Waals surface area (Å²) >= 11 is 0. The molecule has 0 unspecified atom stereocenters. The maximum Gasteiger partial charge on any atom is 0.169 e. The highest BCUT2D eigenvalue weighted by Gasteiger charge is 2.09. The second kappa shape index (κ2) is 3.48. The Hall–Kier alpha value is -2.56. The molecule has 1 aromatic carbocycles. The highest BCUT2D eigenvalue weighted by atomic mass is 15.3. The van der Waals surface area contributed by atoms with Crippen molar-refractivity contribution in [1.29, 1.82) is 0 Å². The third-order valence-corrected chi connectivity index (χ3v) is 2.63. The lowest BCUT2D eigenvalue weighted by Crippen LogP contribution is -1.98. The molecule has 0 saturated carbocycles. The third-order valence-electron chi connectivity index (χ3n) is 2.63. The third kappa shape index (κ3) is 1.48. The SMILES string of the molecule is Nc1ccc(-c2nnc3cccc(N)n23)cc1. The molecule has 0 atom stereocenters. The highest BCUT2D eigenvalue weighted by Crippen LogP contribution is 2.21. The van der Waals surface area contributed by atoms with Crippen molar-refractivity contribution in [2.75, 3.05) is 11.5 Å². The van der Waals surface area contributed by atoms with E-state index in [4.69, 9.17) is 11.5 Å². The van der Waals surface area contributed by atoms with Crippen LogP contribution in [0.15, 0.2) is 42.5 Å².